The lowest BCUT2D eigenvalue weighted by Gasteiger charge is -2.14. The van der Waals surface area contributed by atoms with Gasteiger partial charge in [-0.1, -0.05) is 31.9 Å². The Morgan fingerprint density at radius 1 is 1.28 bits per heavy atom. The molecule has 0 heterocycles. The fourth-order valence-electron chi connectivity index (χ4n) is 1.87. The number of methoxy groups -OCH3 is 2. The highest BCUT2D eigenvalue weighted by Gasteiger charge is 2.20. The van der Waals surface area contributed by atoms with Crippen LogP contribution in [-0.2, 0) is 0 Å². The number of ether oxygens (including phenoxy) is 2. The number of ketones is 1. The molecule has 0 amide bonds. The van der Waals surface area contributed by atoms with Crippen molar-refractivity contribution in [2.75, 3.05) is 14.2 Å². The molecule has 0 aromatic heterocycles. The van der Waals surface area contributed by atoms with E-state index in [1.54, 1.807) is 12.1 Å². The number of Topliss-reactive ketones (excluding diaryl/α,β-unsaturated/α-hetero) is 1. The third kappa shape index (κ3) is 3.16. The summed E-state index contributed by atoms with van der Waals surface area (Å²) < 4.78 is 10.3. The summed E-state index contributed by atoms with van der Waals surface area (Å²) in [6.45, 7) is 3.97. The first kappa shape index (κ1) is 14.8. The van der Waals surface area contributed by atoms with Crippen molar-refractivity contribution >= 4 is 17.4 Å². The van der Waals surface area contributed by atoms with E-state index >= 15 is 0 Å². The lowest BCUT2D eigenvalue weighted by molar-refractivity contribution is 0.0923. The Bertz CT molecular complexity index is 429. The first-order valence-electron chi connectivity index (χ1n) is 6.00. The number of rotatable bonds is 6. The Labute approximate surface area is 113 Å². The highest BCUT2D eigenvalue weighted by Crippen LogP contribution is 2.34. The van der Waals surface area contributed by atoms with E-state index in [1.807, 2.05) is 6.92 Å². The van der Waals surface area contributed by atoms with Gasteiger partial charge in [-0.15, -0.1) is 0 Å². The second kappa shape index (κ2) is 6.64. The summed E-state index contributed by atoms with van der Waals surface area (Å²) in [4.78, 5) is 12.2. The van der Waals surface area contributed by atoms with Gasteiger partial charge < -0.3 is 9.47 Å². The molecular formula is C14H19ClO3. The Balaban J connectivity index is 3.13. The van der Waals surface area contributed by atoms with Crippen LogP contribution in [0.3, 0.4) is 0 Å². The van der Waals surface area contributed by atoms with Crippen LogP contribution in [0.25, 0.3) is 0 Å². The predicted molar refractivity (Wildman–Crippen MR) is 73.0 cm³/mol. The predicted octanol–water partition coefficient (Wildman–Crippen LogP) is 3.98. The van der Waals surface area contributed by atoms with Crippen molar-refractivity contribution in [2.45, 2.75) is 26.7 Å². The fourth-order valence-corrected chi connectivity index (χ4v) is 2.12. The Morgan fingerprint density at radius 3 is 2.33 bits per heavy atom. The van der Waals surface area contributed by atoms with Crippen molar-refractivity contribution in [3.8, 4) is 11.5 Å². The molecule has 1 aromatic rings. The van der Waals surface area contributed by atoms with Gasteiger partial charge in [0.05, 0.1) is 19.2 Å². The van der Waals surface area contributed by atoms with Crippen molar-refractivity contribution in [2.24, 2.45) is 5.92 Å². The average Bonchev–Trinajstić information content (AvgIpc) is 2.37. The van der Waals surface area contributed by atoms with Crippen LogP contribution in [0.5, 0.6) is 11.5 Å². The zero-order chi connectivity index (χ0) is 13.7. The van der Waals surface area contributed by atoms with E-state index in [1.165, 1.54) is 14.2 Å². The first-order chi connectivity index (χ1) is 8.54. The molecule has 0 aliphatic carbocycles. The zero-order valence-corrected chi connectivity index (χ0v) is 12.0. The number of benzene rings is 1. The summed E-state index contributed by atoms with van der Waals surface area (Å²) in [5.74, 6) is 1.06. The lowest BCUT2D eigenvalue weighted by atomic mass is 9.95. The molecule has 0 fully saturated rings. The van der Waals surface area contributed by atoms with Crippen LogP contribution in [0.15, 0.2) is 12.1 Å². The maximum Gasteiger partial charge on any atom is 0.167 e. The summed E-state index contributed by atoms with van der Waals surface area (Å²) >= 11 is 6.12. The molecule has 0 bridgehead atoms. The van der Waals surface area contributed by atoms with Gasteiger partial charge in [-0.2, -0.15) is 0 Å². The van der Waals surface area contributed by atoms with Crippen LogP contribution in [0.1, 0.15) is 37.0 Å². The van der Waals surface area contributed by atoms with Crippen molar-refractivity contribution in [1.29, 1.82) is 0 Å². The minimum Gasteiger partial charge on any atom is -0.493 e. The molecule has 0 aliphatic rings. The van der Waals surface area contributed by atoms with Crippen LogP contribution >= 0.6 is 11.6 Å². The highest BCUT2D eigenvalue weighted by atomic mass is 35.5. The average molecular weight is 271 g/mol. The topological polar surface area (TPSA) is 35.5 Å². The molecule has 0 N–H and O–H groups in total. The molecule has 4 heteroatoms. The largest absolute Gasteiger partial charge is 0.493 e. The standard InChI is InChI=1S/C14H19ClO3/c1-5-6-9(2)14(16)10-7-12(17-3)13(18-4)8-11(10)15/h7-9H,5-6H2,1-4H3. The minimum absolute atomic E-state index is 0.0365. The molecule has 0 saturated heterocycles. The third-order valence-electron chi connectivity index (χ3n) is 2.91. The van der Waals surface area contributed by atoms with E-state index in [4.69, 9.17) is 21.1 Å². The fraction of sp³-hybridized carbons (Fsp3) is 0.500. The quantitative estimate of drug-likeness (QED) is 0.734. The molecule has 1 aromatic carbocycles. The Kier molecular flexibility index (Phi) is 5.48. The summed E-state index contributed by atoms with van der Waals surface area (Å²) in [7, 11) is 3.07. The second-order valence-electron chi connectivity index (χ2n) is 4.24. The highest BCUT2D eigenvalue weighted by molar-refractivity contribution is 6.34. The van der Waals surface area contributed by atoms with E-state index in [0.29, 0.717) is 22.1 Å². The number of hydrogen-bond acceptors (Lipinski definition) is 3. The molecule has 18 heavy (non-hydrogen) atoms. The number of carbonyl (C=O) groups is 1. The van der Waals surface area contributed by atoms with Gasteiger partial charge in [-0.25, -0.2) is 0 Å². The van der Waals surface area contributed by atoms with Crippen molar-refractivity contribution < 1.29 is 14.3 Å². The van der Waals surface area contributed by atoms with Crippen molar-refractivity contribution in [3.63, 3.8) is 0 Å². The summed E-state index contributed by atoms with van der Waals surface area (Å²) in [6.07, 6.45) is 1.82. The van der Waals surface area contributed by atoms with Gasteiger partial charge in [-0.05, 0) is 12.5 Å². The number of halogens is 1. The van der Waals surface area contributed by atoms with Gasteiger partial charge in [0.15, 0.2) is 17.3 Å². The molecule has 0 aliphatic heterocycles. The van der Waals surface area contributed by atoms with Gasteiger partial charge in [0.1, 0.15) is 0 Å². The molecule has 0 saturated carbocycles. The number of hydrogen-bond donors (Lipinski definition) is 0. The van der Waals surface area contributed by atoms with E-state index < -0.39 is 0 Å². The molecule has 100 valence electrons. The molecule has 3 nitrogen and oxygen atoms in total. The van der Waals surface area contributed by atoms with Gasteiger partial charge in [-0.3, -0.25) is 4.79 Å². The zero-order valence-electron chi connectivity index (χ0n) is 11.2. The second-order valence-corrected chi connectivity index (χ2v) is 4.65. The van der Waals surface area contributed by atoms with Crippen LogP contribution in [0.4, 0.5) is 0 Å². The third-order valence-corrected chi connectivity index (χ3v) is 3.22. The van der Waals surface area contributed by atoms with Crippen LogP contribution in [0.2, 0.25) is 5.02 Å². The van der Waals surface area contributed by atoms with Crippen LogP contribution in [-0.4, -0.2) is 20.0 Å². The maximum atomic E-state index is 12.2. The van der Waals surface area contributed by atoms with E-state index in [-0.39, 0.29) is 11.7 Å². The molecular weight excluding hydrogens is 252 g/mol. The molecule has 1 rings (SSSR count). The van der Waals surface area contributed by atoms with E-state index in [0.717, 1.165) is 12.8 Å². The smallest absolute Gasteiger partial charge is 0.167 e. The summed E-state index contributed by atoms with van der Waals surface area (Å²) in [5, 5.41) is 0.403. The summed E-state index contributed by atoms with van der Waals surface area (Å²) in [5.41, 5.74) is 0.496. The molecule has 0 radical (unpaired) electrons. The van der Waals surface area contributed by atoms with Gasteiger partial charge >= 0.3 is 0 Å². The normalized spacial score (nSPS) is 12.1. The SMILES string of the molecule is CCCC(C)C(=O)c1cc(OC)c(OC)cc1Cl. The monoisotopic (exact) mass is 270 g/mol. The van der Waals surface area contributed by atoms with Crippen molar-refractivity contribution in [1.82, 2.24) is 0 Å². The van der Waals surface area contributed by atoms with Crippen LogP contribution in [0, 0.1) is 5.92 Å². The minimum atomic E-state index is -0.0365. The maximum absolute atomic E-state index is 12.2. The Morgan fingerprint density at radius 2 is 1.83 bits per heavy atom. The van der Waals surface area contributed by atoms with E-state index in [9.17, 15) is 4.79 Å². The molecule has 1 unspecified atom stereocenters. The Hall–Kier alpha value is -1.22. The van der Waals surface area contributed by atoms with Crippen molar-refractivity contribution in [3.05, 3.63) is 22.7 Å². The van der Waals surface area contributed by atoms with Gasteiger partial charge in [0, 0.05) is 17.5 Å². The van der Waals surface area contributed by atoms with Gasteiger partial charge in [0.25, 0.3) is 0 Å². The lowest BCUT2D eigenvalue weighted by Crippen LogP contribution is -2.12. The molecule has 1 atom stereocenters. The van der Waals surface area contributed by atoms with Crippen LogP contribution < -0.4 is 9.47 Å². The number of carbonyl (C=O) groups excluding carboxylic acids is 1. The van der Waals surface area contributed by atoms with E-state index in [2.05, 4.69) is 6.92 Å². The first-order valence-corrected chi connectivity index (χ1v) is 6.38. The molecule has 0 spiro atoms. The van der Waals surface area contributed by atoms with Gasteiger partial charge in [0.2, 0.25) is 0 Å². The summed E-state index contributed by atoms with van der Waals surface area (Å²) in [6, 6.07) is 3.27.